The number of aromatic nitrogens is 2. The van der Waals surface area contributed by atoms with Gasteiger partial charge in [0.05, 0.1) is 5.97 Å². The Morgan fingerprint density at radius 2 is 1.68 bits per heavy atom. The molecule has 0 atom stereocenters. The summed E-state index contributed by atoms with van der Waals surface area (Å²) >= 11 is 4.99. The van der Waals surface area contributed by atoms with Crippen LogP contribution in [0.25, 0.3) is 11.0 Å². The molecule has 0 amide bonds. The molecule has 0 spiro atoms. The Hall–Kier alpha value is -2.10. The number of para-hydroxylation sites is 2. The normalized spacial score (nSPS) is 9.79. The Morgan fingerprint density at radius 1 is 1.05 bits per heavy atom. The second kappa shape index (κ2) is 6.18. The molecule has 0 saturated carbocycles. The topological polar surface area (TPSA) is 68.8 Å². The number of H-pyrrole nitrogens is 1. The fraction of sp³-hybridized carbons (Fsp3) is 0. The van der Waals surface area contributed by atoms with E-state index in [1.54, 1.807) is 18.2 Å². The van der Waals surface area contributed by atoms with Crippen molar-refractivity contribution in [1.29, 1.82) is 0 Å². The standard InChI is InChI=1S/C7H5N2.C7H6O2.Cu/c1-2-4-7-6(3-1)8-5-9-7;8-7(9)6-4-2-1-3-5-6;/h1-4H,(H,8,9);1-5H,(H,8,9);/q;;+1/p-1. The van der Waals surface area contributed by atoms with Crippen molar-refractivity contribution in [3.05, 3.63) is 60.2 Å². The summed E-state index contributed by atoms with van der Waals surface area (Å²) in [5, 5.41) is 10.1. The van der Waals surface area contributed by atoms with Crippen LogP contribution in [0.2, 0.25) is 0 Å². The van der Waals surface area contributed by atoms with Crippen molar-refractivity contribution in [3.63, 3.8) is 0 Å². The fourth-order valence-electron chi connectivity index (χ4n) is 1.48. The van der Waals surface area contributed by atoms with Crippen LogP contribution >= 0.6 is 0 Å². The summed E-state index contributed by atoms with van der Waals surface area (Å²) < 4.78 is 0.536. The zero-order chi connectivity index (χ0) is 13.7. The number of aromatic amines is 1. The molecule has 99 valence electrons. The van der Waals surface area contributed by atoms with Gasteiger partial charge in [-0.25, -0.2) is 0 Å². The van der Waals surface area contributed by atoms with Crippen LogP contribution < -0.4 is 9.83 Å². The molecule has 0 bridgehead atoms. The third-order valence-electron chi connectivity index (χ3n) is 2.35. The Bertz CT molecular complexity index is 647. The second-order valence-corrected chi connectivity index (χ2v) is 4.11. The van der Waals surface area contributed by atoms with Gasteiger partial charge in [0.25, 0.3) is 0 Å². The van der Waals surface area contributed by atoms with Gasteiger partial charge >= 0.3 is 66.0 Å². The number of carboxylic acids is 1. The summed E-state index contributed by atoms with van der Waals surface area (Å²) in [7, 11) is 0. The number of carbonyl (C=O) groups is 1. The van der Waals surface area contributed by atoms with Crippen molar-refractivity contribution >= 4 is 21.7 Å². The number of nitrogens with one attached hydrogen (secondary N) is 1. The SMILES string of the molecule is O=C([O-])c1ccccc1.[Cu+][c]1nc2ccccc2[nH]1. The number of hydrogen-bond acceptors (Lipinski definition) is 3. The van der Waals surface area contributed by atoms with E-state index in [2.05, 4.69) is 9.97 Å². The molecular weight excluding hydrogens is 292 g/mol. The van der Waals surface area contributed by atoms with Gasteiger partial charge < -0.3 is 9.90 Å². The van der Waals surface area contributed by atoms with Crippen LogP contribution in [0.1, 0.15) is 10.4 Å². The first-order chi connectivity index (χ1) is 9.16. The van der Waals surface area contributed by atoms with Crippen molar-refractivity contribution in [2.24, 2.45) is 0 Å². The van der Waals surface area contributed by atoms with Gasteiger partial charge in [-0.1, -0.05) is 30.3 Å². The number of imidazole rings is 1. The molecule has 0 fully saturated rings. The van der Waals surface area contributed by atoms with E-state index in [1.165, 1.54) is 12.1 Å². The molecule has 0 aliphatic rings. The van der Waals surface area contributed by atoms with Crippen LogP contribution in [-0.2, 0) is 16.0 Å². The Kier molecular flexibility index (Phi) is 4.34. The third-order valence-corrected chi connectivity index (χ3v) is 2.57. The molecule has 0 unspecified atom stereocenters. The van der Waals surface area contributed by atoms with Crippen LogP contribution in [0.3, 0.4) is 0 Å². The number of carboxylic acid groups (broad SMARTS) is 1. The van der Waals surface area contributed by atoms with Gasteiger partial charge in [-0.05, 0) is 5.56 Å². The molecule has 0 aliphatic carbocycles. The predicted octanol–water partition coefficient (Wildman–Crippen LogP) is 0.785. The summed E-state index contributed by atoms with van der Waals surface area (Å²) in [6.07, 6.45) is 0. The first-order valence-corrected chi connectivity index (χ1v) is 5.97. The summed E-state index contributed by atoms with van der Waals surface area (Å²) in [6, 6.07) is 15.8. The number of fused-ring (bicyclic) bond motifs is 1. The average Bonchev–Trinajstić information content (AvgIpc) is 2.80. The molecule has 1 aromatic heterocycles. The number of nitrogens with zero attached hydrogens (tertiary/aromatic N) is 1. The number of hydrogen-bond donors (Lipinski definition) is 1. The van der Waals surface area contributed by atoms with E-state index in [4.69, 9.17) is 16.0 Å². The second-order valence-electron chi connectivity index (χ2n) is 3.66. The zero-order valence-corrected chi connectivity index (χ0v) is 10.7. The fourth-order valence-corrected chi connectivity index (χ4v) is 1.72. The molecule has 1 N–H and O–H groups in total. The van der Waals surface area contributed by atoms with E-state index < -0.39 is 5.97 Å². The molecular formula is C14H10CuN2O2. The van der Waals surface area contributed by atoms with Crippen LogP contribution in [0.4, 0.5) is 0 Å². The first kappa shape index (κ1) is 13.3. The van der Waals surface area contributed by atoms with Crippen molar-refractivity contribution in [2.75, 3.05) is 0 Å². The van der Waals surface area contributed by atoms with E-state index in [0.29, 0.717) is 4.72 Å². The van der Waals surface area contributed by atoms with Crippen LogP contribution in [0.15, 0.2) is 54.6 Å². The predicted molar refractivity (Wildman–Crippen MR) is 66.5 cm³/mol. The average molecular weight is 302 g/mol. The third kappa shape index (κ3) is 3.68. The Labute approximate surface area is 118 Å². The molecule has 0 saturated heterocycles. The molecule has 0 radical (unpaired) electrons. The van der Waals surface area contributed by atoms with Gasteiger partial charge in [-0.15, -0.1) is 0 Å². The van der Waals surface area contributed by atoms with Crippen LogP contribution in [0.5, 0.6) is 0 Å². The van der Waals surface area contributed by atoms with E-state index in [9.17, 15) is 9.90 Å². The quantitative estimate of drug-likeness (QED) is 0.676. The van der Waals surface area contributed by atoms with E-state index in [1.807, 2.05) is 24.3 Å². The minimum atomic E-state index is -1.13. The molecule has 3 aromatic rings. The maximum atomic E-state index is 10.1. The Balaban J connectivity index is 0.000000141. The summed E-state index contributed by atoms with van der Waals surface area (Å²) in [5.74, 6) is -1.13. The van der Waals surface area contributed by atoms with Gasteiger partial charge in [0.2, 0.25) is 0 Å². The van der Waals surface area contributed by atoms with Gasteiger partial charge in [-0.2, -0.15) is 0 Å². The van der Waals surface area contributed by atoms with Gasteiger partial charge in [0, 0.05) is 0 Å². The number of rotatable bonds is 1. The molecule has 1 heterocycles. The zero-order valence-electron chi connectivity index (χ0n) is 9.76. The summed E-state index contributed by atoms with van der Waals surface area (Å²) in [4.78, 5) is 17.1. The molecule has 0 aliphatic heterocycles. The Morgan fingerprint density at radius 3 is 2.26 bits per heavy atom. The van der Waals surface area contributed by atoms with Gasteiger partial charge in [0.15, 0.2) is 0 Å². The molecule has 4 nitrogen and oxygen atoms in total. The maximum absolute atomic E-state index is 10.1. The molecule has 2 aromatic carbocycles. The van der Waals surface area contributed by atoms with Crippen molar-refractivity contribution in [3.8, 4) is 0 Å². The number of aromatic carboxylic acids is 1. The first-order valence-electron chi connectivity index (χ1n) is 5.49. The van der Waals surface area contributed by atoms with Crippen LogP contribution in [0, 0.1) is 0 Å². The van der Waals surface area contributed by atoms with Crippen molar-refractivity contribution in [1.82, 2.24) is 9.97 Å². The van der Waals surface area contributed by atoms with Crippen LogP contribution in [-0.4, -0.2) is 15.9 Å². The molecule has 5 heteroatoms. The van der Waals surface area contributed by atoms with E-state index in [0.717, 1.165) is 11.0 Å². The summed E-state index contributed by atoms with van der Waals surface area (Å²) in [6.45, 7) is 0. The monoisotopic (exact) mass is 301 g/mol. The van der Waals surface area contributed by atoms with Crippen molar-refractivity contribution in [2.45, 2.75) is 0 Å². The molecule has 19 heavy (non-hydrogen) atoms. The van der Waals surface area contributed by atoms with Gasteiger partial charge in [0.1, 0.15) is 0 Å². The van der Waals surface area contributed by atoms with E-state index in [-0.39, 0.29) is 5.56 Å². The van der Waals surface area contributed by atoms with Crippen molar-refractivity contribution < 1.29 is 25.9 Å². The molecule has 3 rings (SSSR count). The number of carbonyl (C=O) groups excluding carboxylic acids is 1. The van der Waals surface area contributed by atoms with Gasteiger partial charge in [-0.3, -0.25) is 0 Å². The summed E-state index contributed by atoms with van der Waals surface area (Å²) in [5.41, 5.74) is 2.15. The minimum absolute atomic E-state index is 0.220. The number of benzene rings is 2. The van der Waals surface area contributed by atoms with E-state index >= 15 is 0 Å².